The summed E-state index contributed by atoms with van der Waals surface area (Å²) in [7, 11) is 0. The van der Waals surface area contributed by atoms with Crippen LogP contribution >= 0.6 is 31.9 Å². The number of carbonyl (C=O) groups is 1. The smallest absolute Gasteiger partial charge is 0.253 e. The summed E-state index contributed by atoms with van der Waals surface area (Å²) in [6.07, 6.45) is 1.67. The molecule has 19 heavy (non-hydrogen) atoms. The van der Waals surface area contributed by atoms with E-state index < -0.39 is 5.54 Å². The van der Waals surface area contributed by atoms with Gasteiger partial charge in [-0.1, -0.05) is 0 Å². The van der Waals surface area contributed by atoms with Gasteiger partial charge in [-0.3, -0.25) is 4.79 Å². The molecular weight excluding hydrogens is 376 g/mol. The Morgan fingerprint density at radius 1 is 1.37 bits per heavy atom. The fourth-order valence-electron chi connectivity index (χ4n) is 1.72. The predicted molar refractivity (Wildman–Crippen MR) is 82.3 cm³/mol. The summed E-state index contributed by atoms with van der Waals surface area (Å²) >= 11 is 6.85. The van der Waals surface area contributed by atoms with E-state index in [1.54, 1.807) is 20.0 Å². The predicted octanol–water partition coefficient (Wildman–Crippen LogP) is 3.19. The van der Waals surface area contributed by atoms with Crippen molar-refractivity contribution >= 4 is 48.7 Å². The first-order chi connectivity index (χ1) is 8.84. The van der Waals surface area contributed by atoms with Crippen molar-refractivity contribution in [2.75, 3.05) is 6.61 Å². The van der Waals surface area contributed by atoms with Gasteiger partial charge in [0.1, 0.15) is 0 Å². The van der Waals surface area contributed by atoms with Crippen LogP contribution in [-0.4, -0.2) is 28.1 Å². The fraction of sp³-hybridized carbons (Fsp3) is 0.308. The Labute approximate surface area is 127 Å². The summed E-state index contributed by atoms with van der Waals surface area (Å²) in [4.78, 5) is 15.3. The number of H-pyrrole nitrogens is 1. The van der Waals surface area contributed by atoms with Crippen LogP contribution in [0.15, 0.2) is 27.3 Å². The first-order valence-electron chi connectivity index (χ1n) is 5.73. The quantitative estimate of drug-likeness (QED) is 0.754. The lowest BCUT2D eigenvalue weighted by Gasteiger charge is -2.23. The van der Waals surface area contributed by atoms with Gasteiger partial charge in [0.2, 0.25) is 0 Å². The topological polar surface area (TPSA) is 65.1 Å². The molecule has 1 amide bonds. The lowest BCUT2D eigenvalue weighted by molar-refractivity contribution is 0.0871. The molecule has 3 N–H and O–H groups in total. The molecular formula is C13H14Br2N2O2. The normalized spacial score (nSPS) is 11.8. The standard InChI is InChI=1S/C13H14Br2N2O2/c1-13(2,6-18)17-12(19)8-5-16-11-4-10(15)9(14)3-7(8)11/h3-5,16,18H,6H2,1-2H3,(H,17,19). The van der Waals surface area contributed by atoms with E-state index in [1.165, 1.54) is 0 Å². The molecule has 1 aromatic heterocycles. The second-order valence-corrected chi connectivity index (χ2v) is 6.72. The van der Waals surface area contributed by atoms with Crippen molar-refractivity contribution in [3.8, 4) is 0 Å². The number of carbonyl (C=O) groups excluding carboxylic acids is 1. The summed E-state index contributed by atoms with van der Waals surface area (Å²) in [6.45, 7) is 3.43. The Bertz CT molecular complexity index is 635. The molecule has 0 aliphatic heterocycles. The second kappa shape index (κ2) is 5.26. The molecule has 0 saturated carbocycles. The van der Waals surface area contributed by atoms with Crippen LogP contribution in [0.2, 0.25) is 0 Å². The first-order valence-corrected chi connectivity index (χ1v) is 7.32. The third kappa shape index (κ3) is 3.01. The number of fused-ring (bicyclic) bond motifs is 1. The summed E-state index contributed by atoms with van der Waals surface area (Å²) in [6, 6.07) is 3.80. The molecule has 6 heteroatoms. The second-order valence-electron chi connectivity index (χ2n) is 5.01. The van der Waals surface area contributed by atoms with Crippen LogP contribution in [0.5, 0.6) is 0 Å². The number of aliphatic hydroxyl groups excluding tert-OH is 1. The summed E-state index contributed by atoms with van der Waals surface area (Å²) in [5, 5.41) is 12.8. The maximum atomic E-state index is 12.2. The van der Waals surface area contributed by atoms with Gasteiger partial charge in [-0.2, -0.15) is 0 Å². The number of rotatable bonds is 3. The van der Waals surface area contributed by atoms with E-state index in [2.05, 4.69) is 42.2 Å². The van der Waals surface area contributed by atoms with E-state index in [4.69, 9.17) is 0 Å². The fourth-order valence-corrected chi connectivity index (χ4v) is 2.41. The summed E-state index contributed by atoms with van der Waals surface area (Å²) in [5.41, 5.74) is 0.791. The van der Waals surface area contributed by atoms with Crippen molar-refractivity contribution in [3.63, 3.8) is 0 Å². The van der Waals surface area contributed by atoms with Gasteiger partial charge < -0.3 is 15.4 Å². The van der Waals surface area contributed by atoms with Gasteiger partial charge >= 0.3 is 0 Å². The third-order valence-electron chi connectivity index (χ3n) is 2.81. The SMILES string of the molecule is CC(C)(CO)NC(=O)c1c[nH]c2cc(Br)c(Br)cc12. The number of benzene rings is 1. The number of nitrogens with one attached hydrogen (secondary N) is 2. The average molecular weight is 390 g/mol. The van der Waals surface area contributed by atoms with Crippen molar-refractivity contribution < 1.29 is 9.90 Å². The van der Waals surface area contributed by atoms with E-state index in [0.717, 1.165) is 19.8 Å². The van der Waals surface area contributed by atoms with Gasteiger partial charge in [-0.15, -0.1) is 0 Å². The molecule has 2 aromatic rings. The van der Waals surface area contributed by atoms with Crippen molar-refractivity contribution in [2.24, 2.45) is 0 Å². The molecule has 4 nitrogen and oxygen atoms in total. The Morgan fingerprint density at radius 3 is 2.63 bits per heavy atom. The molecule has 0 unspecified atom stereocenters. The van der Waals surface area contributed by atoms with Gasteiger partial charge in [0.15, 0.2) is 0 Å². The number of aliphatic hydroxyl groups is 1. The zero-order valence-electron chi connectivity index (χ0n) is 10.6. The van der Waals surface area contributed by atoms with Crippen molar-refractivity contribution in [2.45, 2.75) is 19.4 Å². The summed E-state index contributed by atoms with van der Waals surface area (Å²) < 4.78 is 1.81. The molecule has 102 valence electrons. The Morgan fingerprint density at radius 2 is 2.00 bits per heavy atom. The largest absolute Gasteiger partial charge is 0.394 e. The van der Waals surface area contributed by atoms with Crippen LogP contribution in [0.25, 0.3) is 10.9 Å². The summed E-state index contributed by atoms with van der Waals surface area (Å²) in [5.74, 6) is -0.209. The van der Waals surface area contributed by atoms with Crippen molar-refractivity contribution in [1.29, 1.82) is 0 Å². The number of halogens is 2. The maximum Gasteiger partial charge on any atom is 0.253 e. The van der Waals surface area contributed by atoms with Crippen molar-refractivity contribution in [3.05, 3.63) is 32.8 Å². The van der Waals surface area contributed by atoms with Crippen molar-refractivity contribution in [1.82, 2.24) is 10.3 Å². The zero-order chi connectivity index (χ0) is 14.2. The third-order valence-corrected chi connectivity index (χ3v) is 4.66. The van der Waals surface area contributed by atoms with Gasteiger partial charge in [0, 0.05) is 26.0 Å². The Hall–Kier alpha value is -0.850. The zero-order valence-corrected chi connectivity index (χ0v) is 13.7. The molecule has 1 heterocycles. The average Bonchev–Trinajstić information content (AvgIpc) is 2.72. The molecule has 2 rings (SSSR count). The van der Waals surface area contributed by atoms with Crippen LogP contribution in [-0.2, 0) is 0 Å². The molecule has 0 radical (unpaired) electrons. The van der Waals surface area contributed by atoms with Crippen LogP contribution in [0.1, 0.15) is 24.2 Å². The molecule has 0 atom stereocenters. The molecule has 0 aliphatic rings. The van der Waals surface area contributed by atoms with Crippen LogP contribution in [0.3, 0.4) is 0 Å². The first kappa shape index (κ1) is 14.6. The lowest BCUT2D eigenvalue weighted by Crippen LogP contribution is -2.46. The van der Waals surface area contributed by atoms with Crippen LogP contribution in [0, 0.1) is 0 Å². The van der Waals surface area contributed by atoms with E-state index in [-0.39, 0.29) is 12.5 Å². The van der Waals surface area contributed by atoms with E-state index >= 15 is 0 Å². The van der Waals surface area contributed by atoms with Gasteiger partial charge in [-0.05, 0) is 57.8 Å². The van der Waals surface area contributed by atoms with Crippen LogP contribution < -0.4 is 5.32 Å². The highest BCUT2D eigenvalue weighted by Crippen LogP contribution is 2.30. The molecule has 0 aliphatic carbocycles. The minimum Gasteiger partial charge on any atom is -0.394 e. The number of aromatic amines is 1. The van der Waals surface area contributed by atoms with E-state index in [0.29, 0.717) is 5.56 Å². The minimum atomic E-state index is -0.646. The van der Waals surface area contributed by atoms with E-state index in [9.17, 15) is 9.90 Å². The van der Waals surface area contributed by atoms with Gasteiger partial charge in [0.05, 0.1) is 17.7 Å². The molecule has 0 bridgehead atoms. The Balaban J connectivity index is 2.41. The Kier molecular flexibility index (Phi) is 4.03. The minimum absolute atomic E-state index is 0.115. The molecule has 0 spiro atoms. The number of hydrogen-bond acceptors (Lipinski definition) is 2. The number of aromatic nitrogens is 1. The molecule has 1 aromatic carbocycles. The number of hydrogen-bond donors (Lipinski definition) is 3. The van der Waals surface area contributed by atoms with E-state index in [1.807, 2.05) is 12.1 Å². The van der Waals surface area contributed by atoms with Gasteiger partial charge in [0.25, 0.3) is 5.91 Å². The van der Waals surface area contributed by atoms with Crippen LogP contribution in [0.4, 0.5) is 0 Å². The highest BCUT2D eigenvalue weighted by Gasteiger charge is 2.22. The highest BCUT2D eigenvalue weighted by atomic mass is 79.9. The highest BCUT2D eigenvalue weighted by molar-refractivity contribution is 9.13. The number of amides is 1. The van der Waals surface area contributed by atoms with Gasteiger partial charge in [-0.25, -0.2) is 0 Å². The maximum absolute atomic E-state index is 12.2. The monoisotopic (exact) mass is 388 g/mol. The lowest BCUT2D eigenvalue weighted by atomic mass is 10.1. The molecule has 0 fully saturated rings. The molecule has 0 saturated heterocycles.